The van der Waals surface area contributed by atoms with Crippen molar-refractivity contribution < 1.29 is 9.59 Å². The van der Waals surface area contributed by atoms with Crippen molar-refractivity contribution in [2.45, 2.75) is 25.1 Å². The van der Waals surface area contributed by atoms with E-state index in [1.807, 2.05) is 79.7 Å². The third-order valence-electron chi connectivity index (χ3n) is 5.43. The number of amides is 2. The standard InChI is InChI=1S/C27H22BrN3O2S/c1-18-7-9-19(10-8-18)15-24-26(33)31(22-13-11-21(28)12-14-22)27(34-24)23(16-29)25(32)30-17-20-5-3-2-4-6-20/h2-14,24H,15,17H2,1H3,(H,30,32)/b27-23-. The lowest BCUT2D eigenvalue weighted by Crippen LogP contribution is -2.32. The number of nitriles is 1. The number of halogens is 1. The number of carbonyl (C=O) groups is 2. The molecule has 1 aliphatic rings. The van der Waals surface area contributed by atoms with Crippen LogP contribution in [0.15, 0.2) is 93.9 Å². The SMILES string of the molecule is Cc1ccc(CC2S/C(=C(/C#N)C(=O)NCc3ccccc3)N(c3ccc(Br)cc3)C2=O)cc1. The molecule has 170 valence electrons. The predicted octanol–water partition coefficient (Wildman–Crippen LogP) is 5.50. The van der Waals surface area contributed by atoms with Gasteiger partial charge in [-0.25, -0.2) is 0 Å². The summed E-state index contributed by atoms with van der Waals surface area (Å²) in [5.74, 6) is -0.647. The van der Waals surface area contributed by atoms with Gasteiger partial charge in [-0.05, 0) is 48.7 Å². The Labute approximate surface area is 211 Å². The van der Waals surface area contributed by atoms with Crippen LogP contribution in [0, 0.1) is 18.3 Å². The molecule has 0 radical (unpaired) electrons. The highest BCUT2D eigenvalue weighted by Gasteiger charge is 2.40. The molecule has 1 saturated heterocycles. The number of anilines is 1. The van der Waals surface area contributed by atoms with Crippen LogP contribution in [0.5, 0.6) is 0 Å². The molecule has 1 N–H and O–H groups in total. The molecule has 5 nitrogen and oxygen atoms in total. The quantitative estimate of drug-likeness (QED) is 0.336. The number of carbonyl (C=O) groups excluding carboxylic acids is 2. The van der Waals surface area contributed by atoms with Gasteiger partial charge in [0.1, 0.15) is 16.7 Å². The normalized spacial score (nSPS) is 16.8. The smallest absolute Gasteiger partial charge is 0.264 e. The second kappa shape index (κ2) is 10.7. The molecule has 0 spiro atoms. The number of benzene rings is 3. The summed E-state index contributed by atoms with van der Waals surface area (Å²) in [5.41, 5.74) is 3.65. The summed E-state index contributed by atoms with van der Waals surface area (Å²) in [6, 6.07) is 26.8. The van der Waals surface area contributed by atoms with Gasteiger partial charge in [0.05, 0.1) is 5.25 Å². The molecule has 1 heterocycles. The lowest BCUT2D eigenvalue weighted by Gasteiger charge is -2.19. The highest BCUT2D eigenvalue weighted by Crippen LogP contribution is 2.42. The van der Waals surface area contributed by atoms with Gasteiger partial charge in [0, 0.05) is 16.7 Å². The average molecular weight is 532 g/mol. The molecule has 3 aromatic rings. The number of hydrogen-bond acceptors (Lipinski definition) is 4. The van der Waals surface area contributed by atoms with Crippen LogP contribution >= 0.6 is 27.7 Å². The van der Waals surface area contributed by atoms with Crippen LogP contribution in [0.3, 0.4) is 0 Å². The zero-order valence-corrected chi connectivity index (χ0v) is 20.9. The molecule has 3 aromatic carbocycles. The van der Waals surface area contributed by atoms with E-state index in [1.54, 1.807) is 12.1 Å². The molecule has 0 bridgehead atoms. The minimum atomic E-state index is -0.500. The Hall–Kier alpha value is -3.34. The number of rotatable bonds is 6. The maximum Gasteiger partial charge on any atom is 0.264 e. The highest BCUT2D eigenvalue weighted by atomic mass is 79.9. The van der Waals surface area contributed by atoms with Crippen molar-refractivity contribution in [2.75, 3.05) is 4.90 Å². The van der Waals surface area contributed by atoms with Crippen LogP contribution in [0.1, 0.15) is 16.7 Å². The first-order chi connectivity index (χ1) is 16.5. The number of nitrogens with one attached hydrogen (secondary N) is 1. The van der Waals surface area contributed by atoms with Crippen LogP contribution in [-0.4, -0.2) is 17.1 Å². The van der Waals surface area contributed by atoms with Crippen molar-refractivity contribution in [3.8, 4) is 6.07 Å². The van der Waals surface area contributed by atoms with E-state index in [1.165, 1.54) is 16.7 Å². The first kappa shape index (κ1) is 23.8. The van der Waals surface area contributed by atoms with Crippen LogP contribution in [0.2, 0.25) is 0 Å². The summed E-state index contributed by atoms with van der Waals surface area (Å²) in [4.78, 5) is 28.0. The van der Waals surface area contributed by atoms with Crippen LogP contribution in [0.4, 0.5) is 5.69 Å². The molecule has 2 amide bonds. The van der Waals surface area contributed by atoms with E-state index in [9.17, 15) is 14.9 Å². The molecule has 1 atom stereocenters. The Bertz CT molecular complexity index is 1270. The van der Waals surface area contributed by atoms with Crippen LogP contribution in [-0.2, 0) is 22.6 Å². The zero-order chi connectivity index (χ0) is 24.1. The van der Waals surface area contributed by atoms with Crippen molar-refractivity contribution >= 4 is 45.2 Å². The predicted molar refractivity (Wildman–Crippen MR) is 139 cm³/mol. The van der Waals surface area contributed by atoms with Gasteiger partial charge >= 0.3 is 0 Å². The summed E-state index contributed by atoms with van der Waals surface area (Å²) in [6.45, 7) is 2.31. The van der Waals surface area contributed by atoms with Gasteiger partial charge < -0.3 is 5.32 Å². The van der Waals surface area contributed by atoms with E-state index in [0.29, 0.717) is 23.7 Å². The van der Waals surface area contributed by atoms with E-state index < -0.39 is 11.2 Å². The maximum atomic E-state index is 13.5. The molecular weight excluding hydrogens is 510 g/mol. The maximum absolute atomic E-state index is 13.5. The number of hydrogen-bond donors (Lipinski definition) is 1. The molecule has 7 heteroatoms. The Morgan fingerprint density at radius 1 is 1.03 bits per heavy atom. The lowest BCUT2D eigenvalue weighted by atomic mass is 10.1. The second-order valence-electron chi connectivity index (χ2n) is 7.91. The third kappa shape index (κ3) is 5.41. The molecule has 0 saturated carbocycles. The molecule has 1 fully saturated rings. The minimum absolute atomic E-state index is 0.0661. The fourth-order valence-corrected chi connectivity index (χ4v) is 5.19. The monoisotopic (exact) mass is 531 g/mol. The van der Waals surface area contributed by atoms with Crippen LogP contribution < -0.4 is 10.2 Å². The molecule has 1 unspecified atom stereocenters. The first-order valence-corrected chi connectivity index (χ1v) is 12.4. The fraction of sp³-hybridized carbons (Fsp3) is 0.148. The lowest BCUT2D eigenvalue weighted by molar-refractivity contribution is -0.117. The molecule has 0 aromatic heterocycles. The van der Waals surface area contributed by atoms with E-state index >= 15 is 0 Å². The first-order valence-electron chi connectivity index (χ1n) is 10.7. The number of aryl methyl sites for hydroxylation is 1. The second-order valence-corrected chi connectivity index (χ2v) is 10.0. The summed E-state index contributed by atoms with van der Waals surface area (Å²) in [7, 11) is 0. The van der Waals surface area contributed by atoms with Gasteiger partial charge in [-0.3, -0.25) is 14.5 Å². The van der Waals surface area contributed by atoms with E-state index in [4.69, 9.17) is 0 Å². The largest absolute Gasteiger partial charge is 0.347 e. The molecule has 34 heavy (non-hydrogen) atoms. The minimum Gasteiger partial charge on any atom is -0.347 e. The zero-order valence-electron chi connectivity index (χ0n) is 18.5. The Balaban J connectivity index is 1.66. The summed E-state index contributed by atoms with van der Waals surface area (Å²) in [6.07, 6.45) is 0.505. The molecular formula is C27H22BrN3O2S. The van der Waals surface area contributed by atoms with Crippen molar-refractivity contribution in [3.05, 3.63) is 111 Å². The fourth-order valence-electron chi connectivity index (χ4n) is 3.62. The Morgan fingerprint density at radius 2 is 1.71 bits per heavy atom. The number of thioether (sulfide) groups is 1. The Kier molecular flexibility index (Phi) is 7.51. The topological polar surface area (TPSA) is 73.2 Å². The molecule has 0 aliphatic carbocycles. The average Bonchev–Trinajstić information content (AvgIpc) is 3.16. The molecule has 4 rings (SSSR count). The van der Waals surface area contributed by atoms with Gasteiger partial charge in [-0.1, -0.05) is 87.9 Å². The summed E-state index contributed by atoms with van der Waals surface area (Å²) >= 11 is 4.69. The van der Waals surface area contributed by atoms with Crippen molar-refractivity contribution in [2.24, 2.45) is 0 Å². The van der Waals surface area contributed by atoms with Crippen LogP contribution in [0.25, 0.3) is 0 Å². The molecule has 1 aliphatic heterocycles. The van der Waals surface area contributed by atoms with Crippen molar-refractivity contribution in [3.63, 3.8) is 0 Å². The van der Waals surface area contributed by atoms with E-state index in [0.717, 1.165) is 21.2 Å². The van der Waals surface area contributed by atoms with Gasteiger partial charge in [0.15, 0.2) is 0 Å². The van der Waals surface area contributed by atoms with Gasteiger partial charge in [0.25, 0.3) is 5.91 Å². The van der Waals surface area contributed by atoms with Crippen molar-refractivity contribution in [1.29, 1.82) is 5.26 Å². The van der Waals surface area contributed by atoms with E-state index in [2.05, 4.69) is 21.2 Å². The summed E-state index contributed by atoms with van der Waals surface area (Å²) in [5, 5.41) is 12.7. The van der Waals surface area contributed by atoms with Gasteiger partial charge in [0.2, 0.25) is 5.91 Å². The highest BCUT2D eigenvalue weighted by molar-refractivity contribution is 9.10. The van der Waals surface area contributed by atoms with Gasteiger partial charge in [-0.2, -0.15) is 5.26 Å². The van der Waals surface area contributed by atoms with E-state index in [-0.39, 0.29) is 11.5 Å². The third-order valence-corrected chi connectivity index (χ3v) is 7.22. The summed E-state index contributed by atoms with van der Waals surface area (Å²) < 4.78 is 0.874. The van der Waals surface area contributed by atoms with Gasteiger partial charge in [-0.15, -0.1) is 0 Å². The van der Waals surface area contributed by atoms with Crippen molar-refractivity contribution in [1.82, 2.24) is 5.32 Å². The Morgan fingerprint density at radius 3 is 2.35 bits per heavy atom. The number of nitrogens with zero attached hydrogens (tertiary/aromatic N) is 2.